The number of hydrogen-bond donors (Lipinski definition) is 1. The third-order valence-electron chi connectivity index (χ3n) is 3.68. The summed E-state index contributed by atoms with van der Waals surface area (Å²) in [5.41, 5.74) is 0.0386. The molecule has 0 spiro atoms. The standard InChI is InChI=1S/C15H16F2N4OS/c16-11-5-4-10(8-12(11)17)14(22)18-15-20-19-13(23-15)9-21-6-2-1-3-7-21/h4-5,8H,1-3,6-7,9H2,(H,18,20,22). The molecule has 2 aromatic rings. The summed E-state index contributed by atoms with van der Waals surface area (Å²) in [4.78, 5) is 14.3. The monoisotopic (exact) mass is 338 g/mol. The van der Waals surface area contributed by atoms with Gasteiger partial charge in [-0.25, -0.2) is 8.78 Å². The minimum absolute atomic E-state index is 0.0386. The third kappa shape index (κ3) is 4.08. The van der Waals surface area contributed by atoms with Crippen LogP contribution in [0.25, 0.3) is 0 Å². The first-order chi connectivity index (χ1) is 11.1. The maximum absolute atomic E-state index is 13.2. The van der Waals surface area contributed by atoms with E-state index in [4.69, 9.17) is 0 Å². The fourth-order valence-electron chi connectivity index (χ4n) is 2.48. The van der Waals surface area contributed by atoms with Crippen molar-refractivity contribution in [3.8, 4) is 0 Å². The number of rotatable bonds is 4. The van der Waals surface area contributed by atoms with Gasteiger partial charge in [-0.2, -0.15) is 0 Å². The highest BCUT2D eigenvalue weighted by atomic mass is 32.1. The van der Waals surface area contributed by atoms with Crippen LogP contribution in [0.2, 0.25) is 0 Å². The first kappa shape index (κ1) is 15.9. The van der Waals surface area contributed by atoms with Crippen LogP contribution in [-0.2, 0) is 6.54 Å². The van der Waals surface area contributed by atoms with Gasteiger partial charge in [-0.1, -0.05) is 17.8 Å². The van der Waals surface area contributed by atoms with Gasteiger partial charge in [0.15, 0.2) is 11.6 Å². The van der Waals surface area contributed by atoms with Gasteiger partial charge in [-0.05, 0) is 44.1 Å². The summed E-state index contributed by atoms with van der Waals surface area (Å²) in [5, 5.41) is 11.7. The fourth-order valence-corrected chi connectivity index (χ4v) is 3.26. The lowest BCUT2D eigenvalue weighted by atomic mass is 10.1. The molecule has 1 saturated heterocycles. The maximum atomic E-state index is 13.2. The number of likely N-dealkylation sites (tertiary alicyclic amines) is 1. The Morgan fingerprint density at radius 1 is 1.17 bits per heavy atom. The van der Waals surface area contributed by atoms with Crippen molar-refractivity contribution in [2.24, 2.45) is 0 Å². The van der Waals surface area contributed by atoms with Crippen LogP contribution in [0, 0.1) is 11.6 Å². The van der Waals surface area contributed by atoms with E-state index in [9.17, 15) is 13.6 Å². The number of nitrogens with one attached hydrogen (secondary N) is 1. The number of anilines is 1. The van der Waals surface area contributed by atoms with E-state index in [-0.39, 0.29) is 5.56 Å². The van der Waals surface area contributed by atoms with E-state index in [1.165, 1.54) is 36.7 Å². The third-order valence-corrected chi connectivity index (χ3v) is 4.50. The van der Waals surface area contributed by atoms with Gasteiger partial charge in [0.05, 0.1) is 6.54 Å². The van der Waals surface area contributed by atoms with E-state index in [2.05, 4.69) is 20.4 Å². The molecule has 1 aromatic carbocycles. The minimum atomic E-state index is -1.05. The lowest BCUT2D eigenvalue weighted by molar-refractivity contribution is 0.102. The van der Waals surface area contributed by atoms with Crippen molar-refractivity contribution in [1.82, 2.24) is 15.1 Å². The second-order valence-corrected chi connectivity index (χ2v) is 6.48. The summed E-state index contributed by atoms with van der Waals surface area (Å²) in [7, 11) is 0. The van der Waals surface area contributed by atoms with Gasteiger partial charge < -0.3 is 0 Å². The van der Waals surface area contributed by atoms with E-state index in [1.54, 1.807) is 0 Å². The molecular weight excluding hydrogens is 322 g/mol. The molecule has 1 aliphatic rings. The number of benzene rings is 1. The highest BCUT2D eigenvalue weighted by Crippen LogP contribution is 2.20. The van der Waals surface area contributed by atoms with Crippen molar-refractivity contribution in [3.05, 3.63) is 40.4 Å². The molecule has 0 radical (unpaired) electrons. The van der Waals surface area contributed by atoms with Crippen LogP contribution < -0.4 is 5.32 Å². The average molecular weight is 338 g/mol. The van der Waals surface area contributed by atoms with E-state index >= 15 is 0 Å². The first-order valence-electron chi connectivity index (χ1n) is 7.43. The molecule has 0 aliphatic carbocycles. The second kappa shape index (κ2) is 7.10. The van der Waals surface area contributed by atoms with Crippen molar-refractivity contribution in [2.75, 3.05) is 18.4 Å². The molecule has 8 heteroatoms. The number of carbonyl (C=O) groups excluding carboxylic acids is 1. The number of piperidine rings is 1. The van der Waals surface area contributed by atoms with Gasteiger partial charge in [-0.3, -0.25) is 15.0 Å². The first-order valence-corrected chi connectivity index (χ1v) is 8.24. The van der Waals surface area contributed by atoms with Crippen LogP contribution in [0.15, 0.2) is 18.2 Å². The second-order valence-electron chi connectivity index (χ2n) is 5.42. The molecule has 0 saturated carbocycles. The molecule has 122 valence electrons. The lowest BCUT2D eigenvalue weighted by Crippen LogP contribution is -2.28. The number of carbonyl (C=O) groups is 1. The zero-order valence-electron chi connectivity index (χ0n) is 12.4. The van der Waals surface area contributed by atoms with Gasteiger partial charge in [0.1, 0.15) is 5.01 Å². The molecule has 5 nitrogen and oxygen atoms in total. The Labute approximate surface area is 136 Å². The highest BCUT2D eigenvalue weighted by molar-refractivity contribution is 7.15. The Bertz CT molecular complexity index is 701. The van der Waals surface area contributed by atoms with Gasteiger partial charge >= 0.3 is 0 Å². The van der Waals surface area contributed by atoms with Crippen molar-refractivity contribution < 1.29 is 13.6 Å². The minimum Gasteiger partial charge on any atom is -0.297 e. The summed E-state index contributed by atoms with van der Waals surface area (Å²) < 4.78 is 26.0. The van der Waals surface area contributed by atoms with E-state index < -0.39 is 17.5 Å². The maximum Gasteiger partial charge on any atom is 0.257 e. The number of halogens is 2. The molecule has 1 N–H and O–H groups in total. The van der Waals surface area contributed by atoms with Crippen molar-refractivity contribution in [1.29, 1.82) is 0 Å². The summed E-state index contributed by atoms with van der Waals surface area (Å²) >= 11 is 1.29. The van der Waals surface area contributed by atoms with Crippen molar-refractivity contribution in [2.45, 2.75) is 25.8 Å². The summed E-state index contributed by atoms with van der Waals surface area (Å²) in [5.74, 6) is -2.58. The SMILES string of the molecule is O=C(Nc1nnc(CN2CCCCC2)s1)c1ccc(F)c(F)c1. The van der Waals surface area contributed by atoms with Gasteiger partial charge in [0.2, 0.25) is 5.13 Å². The molecule has 1 aliphatic heterocycles. The van der Waals surface area contributed by atoms with Gasteiger partial charge in [0, 0.05) is 5.56 Å². The van der Waals surface area contributed by atoms with Crippen molar-refractivity contribution in [3.63, 3.8) is 0 Å². The van der Waals surface area contributed by atoms with E-state index in [0.717, 1.165) is 36.8 Å². The molecule has 1 amide bonds. The fraction of sp³-hybridized carbons (Fsp3) is 0.400. The predicted octanol–water partition coefficient (Wildman–Crippen LogP) is 3.05. The lowest BCUT2D eigenvalue weighted by Gasteiger charge is -2.24. The molecule has 0 unspecified atom stereocenters. The Hall–Kier alpha value is -1.93. The van der Waals surface area contributed by atoms with Gasteiger partial charge in [0.25, 0.3) is 5.91 Å². The summed E-state index contributed by atoms with van der Waals surface area (Å²) in [6.07, 6.45) is 3.65. The van der Waals surface area contributed by atoms with E-state index in [1.807, 2.05) is 0 Å². The number of amides is 1. The molecule has 2 heterocycles. The molecule has 0 bridgehead atoms. The van der Waals surface area contributed by atoms with Crippen LogP contribution in [0.4, 0.5) is 13.9 Å². The topological polar surface area (TPSA) is 58.1 Å². The largest absolute Gasteiger partial charge is 0.297 e. The molecule has 0 atom stereocenters. The molecule has 3 rings (SSSR count). The quantitative estimate of drug-likeness (QED) is 0.931. The number of aromatic nitrogens is 2. The van der Waals surface area contributed by atoms with Crippen LogP contribution >= 0.6 is 11.3 Å². The summed E-state index contributed by atoms with van der Waals surface area (Å²) in [6, 6.07) is 3.01. The average Bonchev–Trinajstić information content (AvgIpc) is 2.98. The van der Waals surface area contributed by atoms with Crippen molar-refractivity contribution >= 4 is 22.4 Å². The molecule has 1 aromatic heterocycles. The van der Waals surface area contributed by atoms with Crippen LogP contribution in [-0.4, -0.2) is 34.1 Å². The normalized spacial score (nSPS) is 15.6. The number of hydrogen-bond acceptors (Lipinski definition) is 5. The molecular formula is C15H16F2N4OS. The van der Waals surface area contributed by atoms with Crippen LogP contribution in [0.5, 0.6) is 0 Å². The Balaban J connectivity index is 1.61. The molecule has 23 heavy (non-hydrogen) atoms. The zero-order chi connectivity index (χ0) is 16.2. The number of nitrogens with zero attached hydrogens (tertiary/aromatic N) is 3. The van der Waals surface area contributed by atoms with Crippen LogP contribution in [0.3, 0.4) is 0 Å². The van der Waals surface area contributed by atoms with E-state index in [0.29, 0.717) is 5.13 Å². The van der Waals surface area contributed by atoms with Gasteiger partial charge in [-0.15, -0.1) is 10.2 Å². The Morgan fingerprint density at radius 3 is 2.70 bits per heavy atom. The Kier molecular flexibility index (Phi) is 4.92. The smallest absolute Gasteiger partial charge is 0.257 e. The summed E-state index contributed by atoms with van der Waals surface area (Å²) in [6.45, 7) is 2.82. The molecule has 1 fully saturated rings. The predicted molar refractivity (Wildman–Crippen MR) is 83.3 cm³/mol. The highest BCUT2D eigenvalue weighted by Gasteiger charge is 2.15. The zero-order valence-corrected chi connectivity index (χ0v) is 13.2. The Morgan fingerprint density at radius 2 is 1.96 bits per heavy atom. The van der Waals surface area contributed by atoms with Crippen LogP contribution in [0.1, 0.15) is 34.6 Å².